The number of carbonyl (C=O) groups excluding carboxylic acids is 2. The molecular formula is C21H31FN2O5. The lowest BCUT2D eigenvalue weighted by molar-refractivity contribution is -0.153. The first-order valence-corrected chi connectivity index (χ1v) is 9.85. The number of amides is 1. The van der Waals surface area contributed by atoms with Gasteiger partial charge in [-0.3, -0.25) is 4.90 Å². The molecule has 1 fully saturated rings. The number of hydrogen-bond acceptors (Lipinski definition) is 6. The molecular weight excluding hydrogens is 379 g/mol. The van der Waals surface area contributed by atoms with Crippen molar-refractivity contribution >= 4 is 12.1 Å². The van der Waals surface area contributed by atoms with Crippen LogP contribution in [0.1, 0.15) is 46.2 Å². The monoisotopic (exact) mass is 410 g/mol. The van der Waals surface area contributed by atoms with Gasteiger partial charge in [0.2, 0.25) is 0 Å². The minimum Gasteiger partial charge on any atom is -0.465 e. The molecule has 0 saturated carbocycles. The van der Waals surface area contributed by atoms with Gasteiger partial charge in [-0.2, -0.15) is 0 Å². The van der Waals surface area contributed by atoms with Gasteiger partial charge in [0.1, 0.15) is 17.5 Å². The number of aliphatic hydroxyl groups is 1. The fourth-order valence-electron chi connectivity index (χ4n) is 3.45. The SMILES string of the molecule is CCOC(=O)C(c1ccc(F)cc1)N1C[C@H](C)N(C(=O)OC(C)(C)C)C[C@H]1CO. The number of hydrogen-bond donors (Lipinski definition) is 1. The molecule has 1 aromatic rings. The van der Waals surface area contributed by atoms with E-state index >= 15 is 0 Å². The average Bonchev–Trinajstić information content (AvgIpc) is 2.62. The fourth-order valence-corrected chi connectivity index (χ4v) is 3.45. The van der Waals surface area contributed by atoms with E-state index in [1.807, 2.05) is 11.8 Å². The Labute approximate surface area is 171 Å². The average molecular weight is 410 g/mol. The molecule has 1 aromatic carbocycles. The Bertz CT molecular complexity index is 704. The van der Waals surface area contributed by atoms with Crippen molar-refractivity contribution in [2.45, 2.75) is 58.3 Å². The quantitative estimate of drug-likeness (QED) is 0.752. The van der Waals surface area contributed by atoms with Gasteiger partial charge in [-0.05, 0) is 52.3 Å². The van der Waals surface area contributed by atoms with Crippen LogP contribution in [0.15, 0.2) is 24.3 Å². The Hall–Kier alpha value is -2.19. The molecule has 7 nitrogen and oxygen atoms in total. The number of halogens is 1. The summed E-state index contributed by atoms with van der Waals surface area (Å²) < 4.78 is 24.1. The van der Waals surface area contributed by atoms with Crippen molar-refractivity contribution in [3.63, 3.8) is 0 Å². The normalized spacial score (nSPS) is 21.6. The predicted molar refractivity (Wildman–Crippen MR) is 106 cm³/mol. The molecule has 0 bridgehead atoms. The minimum atomic E-state index is -0.809. The highest BCUT2D eigenvalue weighted by Crippen LogP contribution is 2.30. The number of benzene rings is 1. The summed E-state index contributed by atoms with van der Waals surface area (Å²) in [7, 11) is 0. The number of rotatable bonds is 5. The smallest absolute Gasteiger partial charge is 0.410 e. The topological polar surface area (TPSA) is 79.3 Å². The van der Waals surface area contributed by atoms with Crippen LogP contribution in [0, 0.1) is 5.82 Å². The van der Waals surface area contributed by atoms with Crippen LogP contribution in [0.25, 0.3) is 0 Å². The first kappa shape index (κ1) is 23.1. The van der Waals surface area contributed by atoms with E-state index in [1.54, 1.807) is 32.6 Å². The maximum absolute atomic E-state index is 13.4. The van der Waals surface area contributed by atoms with Gasteiger partial charge in [0.15, 0.2) is 0 Å². The number of nitrogens with zero attached hydrogens (tertiary/aromatic N) is 2. The molecule has 1 unspecified atom stereocenters. The number of carbonyl (C=O) groups is 2. The minimum absolute atomic E-state index is 0.198. The van der Waals surface area contributed by atoms with Crippen LogP contribution < -0.4 is 0 Å². The van der Waals surface area contributed by atoms with Gasteiger partial charge in [-0.15, -0.1) is 0 Å². The largest absolute Gasteiger partial charge is 0.465 e. The molecule has 2 rings (SSSR count). The summed E-state index contributed by atoms with van der Waals surface area (Å²) in [5.74, 6) is -0.881. The second-order valence-electron chi connectivity index (χ2n) is 8.22. The molecule has 0 radical (unpaired) electrons. The van der Waals surface area contributed by atoms with Crippen molar-refractivity contribution in [3.05, 3.63) is 35.6 Å². The third kappa shape index (κ3) is 5.90. The zero-order valence-electron chi connectivity index (χ0n) is 17.7. The highest BCUT2D eigenvalue weighted by Gasteiger charge is 2.42. The number of ether oxygens (including phenoxy) is 2. The predicted octanol–water partition coefficient (Wildman–Crippen LogP) is 2.73. The standard InChI is InChI=1S/C21H31FN2O5/c1-6-28-19(26)18(15-7-9-16(22)10-8-15)24-11-14(2)23(12-17(24)13-25)20(27)29-21(3,4)5/h7-10,14,17-18,25H,6,11-13H2,1-5H3/t14-,17-,18?/m0/s1. The van der Waals surface area contributed by atoms with Crippen LogP contribution in [0.4, 0.5) is 9.18 Å². The van der Waals surface area contributed by atoms with Gasteiger partial charge in [-0.1, -0.05) is 12.1 Å². The molecule has 8 heteroatoms. The van der Waals surface area contributed by atoms with E-state index < -0.39 is 35.6 Å². The molecule has 1 heterocycles. The Morgan fingerprint density at radius 2 is 1.86 bits per heavy atom. The van der Waals surface area contributed by atoms with Crippen LogP contribution in [0.2, 0.25) is 0 Å². The summed E-state index contributed by atoms with van der Waals surface area (Å²) in [6, 6.07) is 4.08. The van der Waals surface area contributed by atoms with Gasteiger partial charge in [0.05, 0.1) is 19.3 Å². The molecule has 1 saturated heterocycles. The van der Waals surface area contributed by atoms with Crippen LogP contribution in [0.3, 0.4) is 0 Å². The zero-order valence-corrected chi connectivity index (χ0v) is 17.7. The van der Waals surface area contributed by atoms with Gasteiger partial charge in [0, 0.05) is 19.1 Å². The number of aliphatic hydroxyl groups excluding tert-OH is 1. The van der Waals surface area contributed by atoms with E-state index in [2.05, 4.69) is 0 Å². The van der Waals surface area contributed by atoms with E-state index in [1.165, 1.54) is 24.3 Å². The lowest BCUT2D eigenvalue weighted by Crippen LogP contribution is -2.62. The fraction of sp³-hybridized carbons (Fsp3) is 0.619. The molecule has 1 aliphatic rings. The zero-order chi connectivity index (χ0) is 21.8. The van der Waals surface area contributed by atoms with Crippen molar-refractivity contribution < 1.29 is 28.6 Å². The van der Waals surface area contributed by atoms with Crippen LogP contribution in [-0.2, 0) is 14.3 Å². The number of esters is 1. The summed E-state index contributed by atoms with van der Waals surface area (Å²) in [6.07, 6.45) is -0.461. The third-order valence-electron chi connectivity index (χ3n) is 4.75. The highest BCUT2D eigenvalue weighted by atomic mass is 19.1. The summed E-state index contributed by atoms with van der Waals surface area (Å²) >= 11 is 0. The highest BCUT2D eigenvalue weighted by molar-refractivity contribution is 5.78. The van der Waals surface area contributed by atoms with Gasteiger partial charge < -0.3 is 19.5 Å². The molecule has 29 heavy (non-hydrogen) atoms. The van der Waals surface area contributed by atoms with E-state index in [-0.39, 0.29) is 25.8 Å². The van der Waals surface area contributed by atoms with Crippen molar-refractivity contribution in [1.82, 2.24) is 9.80 Å². The van der Waals surface area contributed by atoms with E-state index in [0.29, 0.717) is 12.1 Å². The van der Waals surface area contributed by atoms with Crippen LogP contribution >= 0.6 is 0 Å². The Balaban J connectivity index is 2.30. The number of piperazine rings is 1. The van der Waals surface area contributed by atoms with Gasteiger partial charge in [0.25, 0.3) is 0 Å². The second kappa shape index (κ2) is 9.54. The molecule has 1 N–H and O–H groups in total. The van der Waals surface area contributed by atoms with Crippen LogP contribution in [-0.4, -0.2) is 71.0 Å². The maximum atomic E-state index is 13.4. The first-order valence-electron chi connectivity index (χ1n) is 9.85. The van der Waals surface area contributed by atoms with Crippen molar-refractivity contribution in [2.75, 3.05) is 26.3 Å². The molecule has 3 atom stereocenters. The second-order valence-corrected chi connectivity index (χ2v) is 8.22. The Morgan fingerprint density at radius 1 is 1.24 bits per heavy atom. The van der Waals surface area contributed by atoms with Crippen molar-refractivity contribution in [3.8, 4) is 0 Å². The van der Waals surface area contributed by atoms with Crippen molar-refractivity contribution in [1.29, 1.82) is 0 Å². The first-order chi connectivity index (χ1) is 13.6. The van der Waals surface area contributed by atoms with E-state index in [4.69, 9.17) is 9.47 Å². The lowest BCUT2D eigenvalue weighted by atomic mass is 9.99. The Morgan fingerprint density at radius 3 is 2.38 bits per heavy atom. The molecule has 0 aliphatic carbocycles. The van der Waals surface area contributed by atoms with E-state index in [9.17, 15) is 19.1 Å². The maximum Gasteiger partial charge on any atom is 0.410 e. The lowest BCUT2D eigenvalue weighted by Gasteiger charge is -2.47. The molecule has 0 spiro atoms. The molecule has 162 valence electrons. The van der Waals surface area contributed by atoms with Gasteiger partial charge >= 0.3 is 12.1 Å². The molecule has 1 aliphatic heterocycles. The molecule has 1 amide bonds. The van der Waals surface area contributed by atoms with Crippen molar-refractivity contribution in [2.24, 2.45) is 0 Å². The van der Waals surface area contributed by atoms with Crippen LogP contribution in [0.5, 0.6) is 0 Å². The third-order valence-corrected chi connectivity index (χ3v) is 4.75. The van der Waals surface area contributed by atoms with Gasteiger partial charge in [-0.25, -0.2) is 14.0 Å². The summed E-state index contributed by atoms with van der Waals surface area (Å²) in [5.41, 5.74) is -0.0641. The van der Waals surface area contributed by atoms with E-state index in [0.717, 1.165) is 0 Å². The summed E-state index contributed by atoms with van der Waals surface area (Å²) in [6.45, 7) is 9.41. The summed E-state index contributed by atoms with van der Waals surface area (Å²) in [5, 5.41) is 10.00. The summed E-state index contributed by atoms with van der Waals surface area (Å²) in [4.78, 5) is 28.7. The Kier molecular flexibility index (Phi) is 7.60. The molecule has 0 aromatic heterocycles.